The van der Waals surface area contributed by atoms with Gasteiger partial charge in [0.2, 0.25) is 5.91 Å². The number of aliphatic hydroxyl groups excluding tert-OH is 2. The summed E-state index contributed by atoms with van der Waals surface area (Å²) in [6.45, 7) is 4.09. The number of benzene rings is 1. The number of nitrogens with one attached hydrogen (secondary N) is 1. The maximum Gasteiger partial charge on any atom is 0.220 e. The van der Waals surface area contributed by atoms with Crippen LogP contribution in [0.15, 0.2) is 18.2 Å². The van der Waals surface area contributed by atoms with Gasteiger partial charge in [0.15, 0.2) is 11.5 Å². The predicted molar refractivity (Wildman–Crippen MR) is 91.8 cm³/mol. The third kappa shape index (κ3) is 6.76. The number of aromatic hydroxyl groups is 1. The molecule has 0 saturated heterocycles. The third-order valence-electron chi connectivity index (χ3n) is 3.96. The van der Waals surface area contributed by atoms with Crippen molar-refractivity contribution in [1.82, 2.24) is 5.32 Å². The van der Waals surface area contributed by atoms with Gasteiger partial charge in [0.05, 0.1) is 19.3 Å². The van der Waals surface area contributed by atoms with Crippen LogP contribution in [0.5, 0.6) is 11.5 Å². The number of ether oxygens (including phenoxy) is 1. The lowest BCUT2D eigenvalue weighted by molar-refractivity contribution is -0.121. The number of carbonyl (C=O) groups is 1. The molecule has 0 heterocycles. The van der Waals surface area contributed by atoms with Gasteiger partial charge in [0.1, 0.15) is 0 Å². The van der Waals surface area contributed by atoms with Crippen molar-refractivity contribution in [3.8, 4) is 11.5 Å². The van der Waals surface area contributed by atoms with E-state index in [1.807, 2.05) is 13.8 Å². The van der Waals surface area contributed by atoms with Gasteiger partial charge >= 0.3 is 0 Å². The van der Waals surface area contributed by atoms with Crippen LogP contribution in [-0.4, -0.2) is 40.5 Å². The van der Waals surface area contributed by atoms with Gasteiger partial charge < -0.3 is 25.4 Å². The summed E-state index contributed by atoms with van der Waals surface area (Å²) in [6.07, 6.45) is 0.750. The Kier molecular flexibility index (Phi) is 8.57. The SMILES string of the molecule is COc1cc(CNC(=O)CCCCC(O)C(O)C(C)C)ccc1O. The number of hydrogen-bond donors (Lipinski definition) is 4. The first-order chi connectivity index (χ1) is 11.3. The molecule has 0 bridgehead atoms. The molecule has 0 radical (unpaired) electrons. The molecule has 4 N–H and O–H groups in total. The number of unbranched alkanes of at least 4 members (excludes halogenated alkanes) is 1. The second-order valence-corrected chi connectivity index (χ2v) is 6.33. The van der Waals surface area contributed by atoms with Crippen molar-refractivity contribution in [3.05, 3.63) is 23.8 Å². The lowest BCUT2D eigenvalue weighted by atomic mass is 9.97. The Morgan fingerprint density at radius 1 is 1.25 bits per heavy atom. The minimum atomic E-state index is -0.738. The fraction of sp³-hybridized carbons (Fsp3) is 0.611. The Morgan fingerprint density at radius 2 is 1.96 bits per heavy atom. The number of rotatable bonds is 10. The zero-order chi connectivity index (χ0) is 18.1. The summed E-state index contributed by atoms with van der Waals surface area (Å²) in [6, 6.07) is 4.93. The summed E-state index contributed by atoms with van der Waals surface area (Å²) in [5.74, 6) is 0.390. The van der Waals surface area contributed by atoms with Crippen LogP contribution in [-0.2, 0) is 11.3 Å². The summed E-state index contributed by atoms with van der Waals surface area (Å²) in [5.41, 5.74) is 0.841. The first-order valence-electron chi connectivity index (χ1n) is 8.33. The molecule has 0 fully saturated rings. The molecule has 2 atom stereocenters. The van der Waals surface area contributed by atoms with Gasteiger partial charge in [-0.3, -0.25) is 4.79 Å². The lowest BCUT2D eigenvalue weighted by Crippen LogP contribution is -2.30. The molecule has 0 spiro atoms. The molecule has 2 unspecified atom stereocenters. The summed E-state index contributed by atoms with van der Waals surface area (Å²) in [4.78, 5) is 11.8. The van der Waals surface area contributed by atoms with E-state index in [2.05, 4.69) is 5.32 Å². The number of methoxy groups -OCH3 is 1. The first kappa shape index (κ1) is 20.3. The van der Waals surface area contributed by atoms with Crippen molar-refractivity contribution < 1.29 is 24.9 Å². The molecule has 0 aliphatic heterocycles. The predicted octanol–water partition coefficient (Wildman–Crippen LogP) is 1.96. The Morgan fingerprint density at radius 3 is 2.58 bits per heavy atom. The van der Waals surface area contributed by atoms with Crippen LogP contribution in [0.4, 0.5) is 0 Å². The first-order valence-corrected chi connectivity index (χ1v) is 8.33. The van der Waals surface area contributed by atoms with Crippen molar-refractivity contribution in [3.63, 3.8) is 0 Å². The van der Waals surface area contributed by atoms with E-state index in [0.29, 0.717) is 38.0 Å². The number of phenols is 1. The normalized spacial score (nSPS) is 13.6. The van der Waals surface area contributed by atoms with Crippen LogP contribution in [0.25, 0.3) is 0 Å². The summed E-state index contributed by atoms with van der Waals surface area (Å²) >= 11 is 0. The van der Waals surface area contributed by atoms with Crippen LogP contribution >= 0.6 is 0 Å². The number of carbonyl (C=O) groups excluding carboxylic acids is 1. The Bertz CT molecular complexity index is 518. The number of phenolic OH excluding ortho intramolecular Hbond substituents is 1. The van der Waals surface area contributed by atoms with Crippen molar-refractivity contribution in [2.45, 2.75) is 58.3 Å². The van der Waals surface area contributed by atoms with Crippen LogP contribution in [0.2, 0.25) is 0 Å². The van der Waals surface area contributed by atoms with E-state index in [-0.39, 0.29) is 17.6 Å². The van der Waals surface area contributed by atoms with Crippen molar-refractivity contribution in [2.75, 3.05) is 7.11 Å². The van der Waals surface area contributed by atoms with E-state index in [9.17, 15) is 20.1 Å². The number of hydrogen-bond acceptors (Lipinski definition) is 5. The van der Waals surface area contributed by atoms with Gasteiger partial charge in [-0.2, -0.15) is 0 Å². The smallest absolute Gasteiger partial charge is 0.220 e. The number of aliphatic hydroxyl groups is 2. The van der Waals surface area contributed by atoms with E-state index in [1.165, 1.54) is 13.2 Å². The van der Waals surface area contributed by atoms with Gasteiger partial charge in [-0.15, -0.1) is 0 Å². The molecule has 6 heteroatoms. The maximum absolute atomic E-state index is 11.8. The highest BCUT2D eigenvalue weighted by Crippen LogP contribution is 2.26. The van der Waals surface area contributed by atoms with E-state index < -0.39 is 12.2 Å². The average Bonchev–Trinajstić information content (AvgIpc) is 2.56. The van der Waals surface area contributed by atoms with Gasteiger partial charge in [-0.05, 0) is 36.5 Å². The zero-order valence-electron chi connectivity index (χ0n) is 14.7. The molecular weight excluding hydrogens is 310 g/mol. The Hall–Kier alpha value is -1.79. The fourth-order valence-corrected chi connectivity index (χ4v) is 2.38. The molecule has 1 aromatic rings. The molecule has 136 valence electrons. The van der Waals surface area contributed by atoms with E-state index >= 15 is 0 Å². The van der Waals surface area contributed by atoms with Crippen molar-refractivity contribution in [1.29, 1.82) is 0 Å². The lowest BCUT2D eigenvalue weighted by Gasteiger charge is -2.20. The molecule has 1 aromatic carbocycles. The second-order valence-electron chi connectivity index (χ2n) is 6.33. The van der Waals surface area contributed by atoms with Crippen LogP contribution < -0.4 is 10.1 Å². The Labute approximate surface area is 143 Å². The molecular formula is C18H29NO5. The molecule has 1 amide bonds. The van der Waals surface area contributed by atoms with Gasteiger partial charge in [-0.1, -0.05) is 26.3 Å². The summed E-state index contributed by atoms with van der Waals surface area (Å²) in [7, 11) is 1.47. The molecule has 6 nitrogen and oxygen atoms in total. The van der Waals surface area contributed by atoms with Crippen molar-refractivity contribution in [2.24, 2.45) is 5.92 Å². The van der Waals surface area contributed by atoms with Gasteiger partial charge in [-0.25, -0.2) is 0 Å². The van der Waals surface area contributed by atoms with Crippen LogP contribution in [0.1, 0.15) is 45.1 Å². The van der Waals surface area contributed by atoms with E-state index in [0.717, 1.165) is 5.56 Å². The minimum absolute atomic E-state index is 0.0191. The molecule has 0 aromatic heterocycles. The quantitative estimate of drug-likeness (QED) is 0.488. The fourth-order valence-electron chi connectivity index (χ4n) is 2.38. The van der Waals surface area contributed by atoms with E-state index in [4.69, 9.17) is 4.74 Å². The van der Waals surface area contributed by atoms with E-state index in [1.54, 1.807) is 12.1 Å². The standard InChI is InChI=1S/C18H29NO5/c1-12(2)18(23)15(21)6-4-5-7-17(22)19-11-13-8-9-14(20)16(10-13)24-3/h8-10,12,15,18,20-21,23H,4-7,11H2,1-3H3,(H,19,22). The monoisotopic (exact) mass is 339 g/mol. The maximum atomic E-state index is 11.8. The summed E-state index contributed by atoms with van der Waals surface area (Å²) in [5, 5.41) is 31.8. The highest BCUT2D eigenvalue weighted by atomic mass is 16.5. The van der Waals surface area contributed by atoms with Crippen LogP contribution in [0, 0.1) is 5.92 Å². The largest absolute Gasteiger partial charge is 0.504 e. The minimum Gasteiger partial charge on any atom is -0.504 e. The highest BCUT2D eigenvalue weighted by Gasteiger charge is 2.19. The van der Waals surface area contributed by atoms with Crippen molar-refractivity contribution >= 4 is 5.91 Å². The molecule has 24 heavy (non-hydrogen) atoms. The number of amides is 1. The van der Waals surface area contributed by atoms with Gasteiger partial charge in [0.25, 0.3) is 0 Å². The molecule has 0 aliphatic carbocycles. The topological polar surface area (TPSA) is 99.0 Å². The molecule has 1 rings (SSSR count). The molecule has 0 saturated carbocycles. The average molecular weight is 339 g/mol. The van der Waals surface area contributed by atoms with Gasteiger partial charge in [0, 0.05) is 13.0 Å². The highest BCUT2D eigenvalue weighted by molar-refractivity contribution is 5.75. The molecule has 0 aliphatic rings. The Balaban J connectivity index is 2.25. The third-order valence-corrected chi connectivity index (χ3v) is 3.96. The zero-order valence-corrected chi connectivity index (χ0v) is 14.7. The summed E-state index contributed by atoms with van der Waals surface area (Å²) < 4.78 is 5.02. The van der Waals surface area contributed by atoms with Crippen LogP contribution in [0.3, 0.4) is 0 Å². The second kappa shape index (κ2) is 10.2.